The zero-order valence-electron chi connectivity index (χ0n) is 16.1. The quantitative estimate of drug-likeness (QED) is 0.343. The molecule has 2 rings (SSSR count). The Morgan fingerprint density at radius 1 is 1.18 bits per heavy atom. The van der Waals surface area contributed by atoms with Crippen LogP contribution in [0.25, 0.3) is 11.6 Å². The number of aromatic hydroxyl groups is 1. The van der Waals surface area contributed by atoms with Crippen LogP contribution in [0.15, 0.2) is 76.8 Å². The number of hydrogen-bond acceptors (Lipinski definition) is 3. The molecule has 0 saturated carbocycles. The maximum Gasteiger partial charge on any atom is 0.122 e. The lowest BCUT2D eigenvalue weighted by Crippen LogP contribution is -2.13. The van der Waals surface area contributed by atoms with Crippen molar-refractivity contribution in [2.45, 2.75) is 32.3 Å². The summed E-state index contributed by atoms with van der Waals surface area (Å²) in [6.07, 6.45) is 4.69. The molecule has 2 aromatic carbocycles. The third kappa shape index (κ3) is 6.20. The number of phenols is 1. The number of allylic oxidation sites excluding steroid dienone is 1. The molecule has 0 aliphatic rings. The van der Waals surface area contributed by atoms with Crippen molar-refractivity contribution in [2.24, 2.45) is 0 Å². The molecule has 0 fully saturated rings. The number of aliphatic hydroxyl groups excluding tert-OH is 2. The lowest BCUT2D eigenvalue weighted by molar-refractivity contribution is 0.202. The fourth-order valence-corrected chi connectivity index (χ4v) is 3.43. The van der Waals surface area contributed by atoms with Gasteiger partial charge in [-0.1, -0.05) is 65.8 Å². The Labute approximate surface area is 175 Å². The van der Waals surface area contributed by atoms with Crippen LogP contribution in [0.5, 0.6) is 5.75 Å². The Bertz CT molecular complexity index is 853. The van der Waals surface area contributed by atoms with Crippen LogP contribution < -0.4 is 0 Å². The molecule has 0 saturated heterocycles. The molecule has 3 N–H and O–H groups in total. The molecule has 0 amide bonds. The molecular formula is C24H27BrO3. The van der Waals surface area contributed by atoms with Gasteiger partial charge in [-0.05, 0) is 65.8 Å². The molecule has 148 valence electrons. The first-order valence-corrected chi connectivity index (χ1v) is 10.2. The zero-order chi connectivity index (χ0) is 20.5. The molecule has 0 spiro atoms. The Hall–Kier alpha value is -2.14. The minimum Gasteiger partial charge on any atom is -0.507 e. The highest BCUT2D eigenvalue weighted by Crippen LogP contribution is 2.30. The van der Waals surface area contributed by atoms with E-state index in [0.29, 0.717) is 24.0 Å². The summed E-state index contributed by atoms with van der Waals surface area (Å²) in [5, 5.41) is 30.2. The smallest absolute Gasteiger partial charge is 0.122 e. The molecule has 0 bridgehead atoms. The summed E-state index contributed by atoms with van der Waals surface area (Å²) in [5.74, 6) is 0.206. The van der Waals surface area contributed by atoms with E-state index >= 15 is 0 Å². The van der Waals surface area contributed by atoms with Crippen LogP contribution >= 0.6 is 15.9 Å². The van der Waals surface area contributed by atoms with Crippen molar-refractivity contribution in [2.75, 3.05) is 6.61 Å². The van der Waals surface area contributed by atoms with E-state index in [2.05, 4.69) is 22.5 Å². The highest BCUT2D eigenvalue weighted by atomic mass is 79.9. The average Bonchev–Trinajstić information content (AvgIpc) is 2.71. The largest absolute Gasteiger partial charge is 0.507 e. The summed E-state index contributed by atoms with van der Waals surface area (Å²) in [4.78, 5) is 0. The molecule has 0 aliphatic heterocycles. The molecule has 2 aromatic rings. The van der Waals surface area contributed by atoms with Gasteiger partial charge in [-0.25, -0.2) is 0 Å². The van der Waals surface area contributed by atoms with Gasteiger partial charge in [0.05, 0.1) is 12.7 Å². The molecule has 4 heteroatoms. The first kappa shape index (κ1) is 22.2. The summed E-state index contributed by atoms with van der Waals surface area (Å²) in [7, 11) is 0. The SMILES string of the molecule is C=C(CC)/C(=C/CO)C(O)CC/C(=C/c1cc(Br)ccc1O)c1ccccc1. The van der Waals surface area contributed by atoms with Gasteiger partial charge in [-0.2, -0.15) is 0 Å². The maximum absolute atomic E-state index is 10.7. The van der Waals surface area contributed by atoms with Crippen molar-refractivity contribution in [3.8, 4) is 5.75 Å². The standard InChI is InChI=1S/C24H27BrO3/c1-3-17(2)22(13-14-26)24(28)11-9-19(18-7-5-4-6-8-18)15-20-16-21(25)10-12-23(20)27/h4-8,10,12-13,15-16,24,26-28H,2-3,9,11,14H2,1H3/b19-15-,22-13-. The van der Waals surface area contributed by atoms with Gasteiger partial charge in [-0.3, -0.25) is 0 Å². The van der Waals surface area contributed by atoms with Crippen molar-refractivity contribution in [3.63, 3.8) is 0 Å². The van der Waals surface area contributed by atoms with Crippen molar-refractivity contribution in [1.82, 2.24) is 0 Å². The number of phenolic OH excluding ortho intramolecular Hbond substituents is 1. The predicted molar refractivity (Wildman–Crippen MR) is 120 cm³/mol. The Morgan fingerprint density at radius 2 is 1.89 bits per heavy atom. The first-order valence-electron chi connectivity index (χ1n) is 9.37. The number of hydrogen-bond donors (Lipinski definition) is 3. The fourth-order valence-electron chi connectivity index (χ4n) is 3.05. The van der Waals surface area contributed by atoms with Crippen molar-refractivity contribution < 1.29 is 15.3 Å². The second-order valence-electron chi connectivity index (χ2n) is 6.59. The lowest BCUT2D eigenvalue weighted by atomic mass is 9.92. The van der Waals surface area contributed by atoms with Gasteiger partial charge >= 0.3 is 0 Å². The third-order valence-corrected chi connectivity index (χ3v) is 5.15. The highest BCUT2D eigenvalue weighted by molar-refractivity contribution is 9.10. The van der Waals surface area contributed by atoms with Gasteiger partial charge in [0.25, 0.3) is 0 Å². The predicted octanol–water partition coefficient (Wildman–Crippen LogP) is 5.72. The molecule has 0 aromatic heterocycles. The Morgan fingerprint density at radius 3 is 2.54 bits per heavy atom. The number of rotatable bonds is 9. The summed E-state index contributed by atoms with van der Waals surface area (Å²) >= 11 is 3.44. The fraction of sp³-hybridized carbons (Fsp3) is 0.250. The second kappa shape index (κ2) is 11.0. The normalized spacial score (nSPS) is 13.4. The number of benzene rings is 2. The van der Waals surface area contributed by atoms with E-state index in [0.717, 1.165) is 27.6 Å². The van der Waals surface area contributed by atoms with E-state index in [1.165, 1.54) is 0 Å². The van der Waals surface area contributed by atoms with E-state index in [1.807, 2.05) is 49.4 Å². The second-order valence-corrected chi connectivity index (χ2v) is 7.51. The molecule has 0 aliphatic carbocycles. The summed E-state index contributed by atoms with van der Waals surface area (Å²) in [6, 6.07) is 15.2. The lowest BCUT2D eigenvalue weighted by Gasteiger charge is -2.18. The summed E-state index contributed by atoms with van der Waals surface area (Å²) < 4.78 is 0.886. The monoisotopic (exact) mass is 442 g/mol. The zero-order valence-corrected chi connectivity index (χ0v) is 17.7. The Kier molecular flexibility index (Phi) is 8.71. The molecule has 0 radical (unpaired) electrons. The summed E-state index contributed by atoms with van der Waals surface area (Å²) in [5.41, 5.74) is 4.29. The average molecular weight is 443 g/mol. The van der Waals surface area contributed by atoms with Gasteiger partial charge in [0, 0.05) is 10.0 Å². The van der Waals surface area contributed by atoms with Crippen molar-refractivity contribution in [1.29, 1.82) is 0 Å². The Balaban J connectivity index is 2.31. The van der Waals surface area contributed by atoms with Crippen LogP contribution in [0.3, 0.4) is 0 Å². The molecule has 1 atom stereocenters. The van der Waals surface area contributed by atoms with Crippen LogP contribution in [-0.2, 0) is 0 Å². The molecular weight excluding hydrogens is 416 g/mol. The van der Waals surface area contributed by atoms with Gasteiger partial charge in [0.2, 0.25) is 0 Å². The maximum atomic E-state index is 10.7. The van der Waals surface area contributed by atoms with E-state index in [4.69, 9.17) is 0 Å². The first-order chi connectivity index (χ1) is 13.5. The van der Waals surface area contributed by atoms with Gasteiger partial charge in [0.1, 0.15) is 5.75 Å². The number of aliphatic hydroxyl groups is 2. The third-order valence-electron chi connectivity index (χ3n) is 4.66. The van der Waals surface area contributed by atoms with Crippen LogP contribution in [0.1, 0.15) is 37.3 Å². The van der Waals surface area contributed by atoms with E-state index < -0.39 is 6.10 Å². The number of halogens is 1. The molecule has 1 unspecified atom stereocenters. The van der Waals surface area contributed by atoms with Crippen molar-refractivity contribution in [3.05, 3.63) is 87.9 Å². The molecule has 0 heterocycles. The van der Waals surface area contributed by atoms with Crippen molar-refractivity contribution >= 4 is 27.6 Å². The highest BCUT2D eigenvalue weighted by Gasteiger charge is 2.15. The van der Waals surface area contributed by atoms with Crippen LogP contribution in [0.4, 0.5) is 0 Å². The van der Waals surface area contributed by atoms with Gasteiger partial charge in [0.15, 0.2) is 0 Å². The molecule has 28 heavy (non-hydrogen) atoms. The van der Waals surface area contributed by atoms with E-state index in [1.54, 1.807) is 18.2 Å². The van der Waals surface area contributed by atoms with Crippen LogP contribution in [-0.4, -0.2) is 28.0 Å². The van der Waals surface area contributed by atoms with Crippen LogP contribution in [0.2, 0.25) is 0 Å². The minimum atomic E-state index is -0.706. The van der Waals surface area contributed by atoms with Gasteiger partial charge in [-0.15, -0.1) is 0 Å². The van der Waals surface area contributed by atoms with E-state index in [-0.39, 0.29) is 12.4 Å². The minimum absolute atomic E-state index is 0.126. The topological polar surface area (TPSA) is 60.7 Å². The van der Waals surface area contributed by atoms with E-state index in [9.17, 15) is 15.3 Å². The summed E-state index contributed by atoms with van der Waals surface area (Å²) in [6.45, 7) is 5.85. The van der Waals surface area contributed by atoms with Gasteiger partial charge < -0.3 is 15.3 Å². The van der Waals surface area contributed by atoms with Crippen LogP contribution in [0, 0.1) is 0 Å². The molecule has 3 nitrogen and oxygen atoms in total.